The molecule has 1 heterocycles. The van der Waals surface area contributed by atoms with E-state index in [4.69, 9.17) is 4.74 Å². The summed E-state index contributed by atoms with van der Waals surface area (Å²) in [6.07, 6.45) is 2.28. The number of nitrogens with zero attached hydrogens (tertiary/aromatic N) is 1. The Morgan fingerprint density at radius 2 is 1.77 bits per heavy atom. The smallest absolute Gasteiger partial charge is 0.255 e. The van der Waals surface area contributed by atoms with Crippen LogP contribution >= 0.6 is 0 Å². The number of hydrogen-bond acceptors (Lipinski definition) is 3. The molecule has 5 heteroatoms. The summed E-state index contributed by atoms with van der Waals surface area (Å²) in [5.41, 5.74) is 4.52. The topological polar surface area (TPSA) is 58.6 Å². The molecule has 3 aromatic rings. The summed E-state index contributed by atoms with van der Waals surface area (Å²) in [5, 5.41) is 2.98. The molecule has 0 spiro atoms. The third kappa shape index (κ3) is 5.12. The Balaban J connectivity index is 1.44. The minimum Gasteiger partial charge on any atom is -0.496 e. The zero-order valence-electron chi connectivity index (χ0n) is 17.6. The van der Waals surface area contributed by atoms with E-state index in [0.29, 0.717) is 18.5 Å². The van der Waals surface area contributed by atoms with Crippen molar-refractivity contribution in [2.75, 3.05) is 19.0 Å². The van der Waals surface area contributed by atoms with Gasteiger partial charge in [-0.3, -0.25) is 9.59 Å². The maximum atomic E-state index is 12.7. The molecule has 0 aromatic heterocycles. The van der Waals surface area contributed by atoms with Crippen molar-refractivity contribution in [1.82, 2.24) is 4.90 Å². The highest BCUT2D eigenvalue weighted by molar-refractivity contribution is 6.04. The van der Waals surface area contributed by atoms with Gasteiger partial charge in [0.2, 0.25) is 5.91 Å². The van der Waals surface area contributed by atoms with Gasteiger partial charge in [-0.25, -0.2) is 0 Å². The molecule has 0 atom stereocenters. The van der Waals surface area contributed by atoms with Crippen LogP contribution in [-0.2, 0) is 17.8 Å². The highest BCUT2D eigenvalue weighted by Gasteiger charge is 2.20. The number of anilines is 1. The normalized spacial score (nSPS) is 13.3. The first-order valence-electron chi connectivity index (χ1n) is 10.5. The van der Waals surface area contributed by atoms with Crippen LogP contribution in [-0.4, -0.2) is 30.4 Å². The first kappa shape index (κ1) is 20.7. The maximum absolute atomic E-state index is 12.7. The number of rotatable bonds is 7. The van der Waals surface area contributed by atoms with Gasteiger partial charge in [-0.05, 0) is 47.9 Å². The second-order valence-corrected chi connectivity index (χ2v) is 7.76. The number of amides is 2. The van der Waals surface area contributed by atoms with Crippen LogP contribution in [0.1, 0.15) is 39.9 Å². The van der Waals surface area contributed by atoms with E-state index in [9.17, 15) is 9.59 Å². The fourth-order valence-corrected chi connectivity index (χ4v) is 3.87. The van der Waals surface area contributed by atoms with Crippen LogP contribution in [0.4, 0.5) is 5.69 Å². The maximum Gasteiger partial charge on any atom is 0.255 e. The van der Waals surface area contributed by atoms with Crippen molar-refractivity contribution in [3.05, 3.63) is 95.1 Å². The van der Waals surface area contributed by atoms with Crippen molar-refractivity contribution in [3.8, 4) is 5.75 Å². The monoisotopic (exact) mass is 414 g/mol. The van der Waals surface area contributed by atoms with Crippen molar-refractivity contribution in [3.63, 3.8) is 0 Å². The predicted molar refractivity (Wildman–Crippen MR) is 121 cm³/mol. The lowest BCUT2D eigenvalue weighted by Crippen LogP contribution is -2.23. The molecule has 31 heavy (non-hydrogen) atoms. The molecule has 5 nitrogen and oxygen atoms in total. The minimum atomic E-state index is -0.167. The van der Waals surface area contributed by atoms with Gasteiger partial charge in [-0.1, -0.05) is 42.5 Å². The third-order valence-corrected chi connectivity index (χ3v) is 5.54. The van der Waals surface area contributed by atoms with Gasteiger partial charge in [0.1, 0.15) is 5.75 Å². The standard InChI is InChI=1S/C26H26N2O3/c1-31-24-14-13-23(17-22(24)16-19-6-3-2-4-7-19)27-26(30)21-11-9-20(10-12-21)18-28-15-5-8-25(28)29/h2-4,6-7,9-14,17H,5,8,15-16,18H2,1H3,(H,27,30). The van der Waals surface area contributed by atoms with Gasteiger partial charge in [0.05, 0.1) is 7.11 Å². The first-order chi connectivity index (χ1) is 15.1. The predicted octanol–water partition coefficient (Wildman–Crippen LogP) is 4.66. The molecule has 1 aliphatic rings. The highest BCUT2D eigenvalue weighted by atomic mass is 16.5. The van der Waals surface area contributed by atoms with Crippen LogP contribution in [0.2, 0.25) is 0 Å². The number of methoxy groups -OCH3 is 1. The van der Waals surface area contributed by atoms with Gasteiger partial charge >= 0.3 is 0 Å². The van der Waals surface area contributed by atoms with Crippen LogP contribution in [0.25, 0.3) is 0 Å². The van der Waals surface area contributed by atoms with Gasteiger partial charge in [-0.2, -0.15) is 0 Å². The molecule has 1 N–H and O–H groups in total. The largest absolute Gasteiger partial charge is 0.496 e. The van der Waals surface area contributed by atoms with E-state index >= 15 is 0 Å². The molecular weight excluding hydrogens is 388 g/mol. The van der Waals surface area contributed by atoms with Crippen LogP contribution in [0, 0.1) is 0 Å². The summed E-state index contributed by atoms with van der Waals surface area (Å²) in [7, 11) is 1.65. The Morgan fingerprint density at radius 1 is 1.00 bits per heavy atom. The lowest BCUT2D eigenvalue weighted by atomic mass is 10.0. The Bertz CT molecular complexity index is 1060. The van der Waals surface area contributed by atoms with Crippen molar-refractivity contribution < 1.29 is 14.3 Å². The van der Waals surface area contributed by atoms with Crippen molar-refractivity contribution in [2.24, 2.45) is 0 Å². The molecule has 1 aliphatic heterocycles. The first-order valence-corrected chi connectivity index (χ1v) is 10.5. The van der Waals surface area contributed by atoms with E-state index in [1.54, 1.807) is 19.2 Å². The zero-order valence-corrected chi connectivity index (χ0v) is 17.6. The third-order valence-electron chi connectivity index (χ3n) is 5.54. The Hall–Kier alpha value is -3.60. The lowest BCUT2D eigenvalue weighted by molar-refractivity contribution is -0.128. The summed E-state index contributed by atoms with van der Waals surface area (Å²) in [6.45, 7) is 1.41. The second kappa shape index (κ2) is 9.47. The summed E-state index contributed by atoms with van der Waals surface area (Å²) in [5.74, 6) is 0.829. The molecule has 4 rings (SSSR count). The molecule has 3 aromatic carbocycles. The molecule has 158 valence electrons. The molecule has 0 bridgehead atoms. The van der Waals surface area contributed by atoms with Gasteiger partial charge in [0, 0.05) is 42.7 Å². The van der Waals surface area contributed by atoms with Gasteiger partial charge in [0.15, 0.2) is 0 Å². The Kier molecular flexibility index (Phi) is 6.32. The molecule has 0 saturated carbocycles. The van der Waals surface area contributed by atoms with Gasteiger partial charge < -0.3 is 15.0 Å². The van der Waals surface area contributed by atoms with Gasteiger partial charge in [0.25, 0.3) is 5.91 Å². The number of ether oxygens (including phenoxy) is 1. The molecule has 2 amide bonds. The fraction of sp³-hybridized carbons (Fsp3) is 0.231. The van der Waals surface area contributed by atoms with E-state index < -0.39 is 0 Å². The molecule has 0 aliphatic carbocycles. The number of benzene rings is 3. The van der Waals surface area contributed by atoms with E-state index in [2.05, 4.69) is 17.4 Å². The van der Waals surface area contributed by atoms with E-state index in [1.165, 1.54) is 5.56 Å². The number of hydrogen-bond donors (Lipinski definition) is 1. The Labute approximate surface area is 182 Å². The van der Waals surface area contributed by atoms with Gasteiger partial charge in [-0.15, -0.1) is 0 Å². The average molecular weight is 415 g/mol. The minimum absolute atomic E-state index is 0.167. The fourth-order valence-electron chi connectivity index (χ4n) is 3.87. The van der Waals surface area contributed by atoms with Crippen LogP contribution in [0.5, 0.6) is 5.75 Å². The highest BCUT2D eigenvalue weighted by Crippen LogP contribution is 2.26. The molecular formula is C26H26N2O3. The Morgan fingerprint density at radius 3 is 2.45 bits per heavy atom. The number of likely N-dealkylation sites (tertiary alicyclic amines) is 1. The van der Waals surface area contributed by atoms with Crippen LogP contribution < -0.4 is 10.1 Å². The molecule has 0 radical (unpaired) electrons. The van der Waals surface area contributed by atoms with Crippen molar-refractivity contribution >= 4 is 17.5 Å². The van der Waals surface area contributed by atoms with Crippen molar-refractivity contribution in [1.29, 1.82) is 0 Å². The second-order valence-electron chi connectivity index (χ2n) is 7.76. The average Bonchev–Trinajstić information content (AvgIpc) is 3.19. The summed E-state index contributed by atoms with van der Waals surface area (Å²) >= 11 is 0. The number of nitrogens with one attached hydrogen (secondary N) is 1. The lowest BCUT2D eigenvalue weighted by Gasteiger charge is -2.15. The molecule has 1 saturated heterocycles. The van der Waals surface area contributed by atoms with E-state index in [-0.39, 0.29) is 11.8 Å². The van der Waals surface area contributed by atoms with E-state index in [1.807, 2.05) is 53.4 Å². The SMILES string of the molecule is COc1ccc(NC(=O)c2ccc(CN3CCCC3=O)cc2)cc1Cc1ccccc1. The summed E-state index contributed by atoms with van der Waals surface area (Å²) < 4.78 is 5.50. The summed E-state index contributed by atoms with van der Waals surface area (Å²) in [4.78, 5) is 26.4. The molecule has 1 fully saturated rings. The van der Waals surface area contributed by atoms with Crippen LogP contribution in [0.3, 0.4) is 0 Å². The number of carbonyl (C=O) groups is 2. The van der Waals surface area contributed by atoms with Crippen molar-refractivity contribution in [2.45, 2.75) is 25.8 Å². The zero-order chi connectivity index (χ0) is 21.6. The number of carbonyl (C=O) groups excluding carboxylic acids is 2. The van der Waals surface area contributed by atoms with Crippen LogP contribution in [0.15, 0.2) is 72.8 Å². The molecule has 0 unspecified atom stereocenters. The quantitative estimate of drug-likeness (QED) is 0.612. The summed E-state index contributed by atoms with van der Waals surface area (Å²) in [6, 6.07) is 23.3. The van der Waals surface area contributed by atoms with E-state index in [0.717, 1.165) is 42.0 Å².